The topological polar surface area (TPSA) is 133 Å². The van der Waals surface area contributed by atoms with Crippen LogP contribution in [0.15, 0.2) is 97.1 Å². The second-order valence-electron chi connectivity index (χ2n) is 12.8. The first-order valence-corrected chi connectivity index (χ1v) is 18.0. The summed E-state index contributed by atoms with van der Waals surface area (Å²) in [4.78, 5) is 49.3. The lowest BCUT2D eigenvalue weighted by Crippen LogP contribution is -2.28. The normalized spacial score (nSPS) is 13.1. The summed E-state index contributed by atoms with van der Waals surface area (Å²) in [5.41, 5.74) is 2.86. The summed E-state index contributed by atoms with van der Waals surface area (Å²) in [5.74, 6) is -0.673. The molecule has 4 atom stereocenters. The Balaban J connectivity index is 1.18. The van der Waals surface area contributed by atoms with E-state index < -0.39 is 11.9 Å². The summed E-state index contributed by atoms with van der Waals surface area (Å²) in [7, 11) is 0. The Morgan fingerprint density at radius 1 is 0.481 bits per heavy atom. The van der Waals surface area contributed by atoms with Crippen LogP contribution < -0.4 is 14.2 Å². The fourth-order valence-corrected chi connectivity index (χ4v) is 4.86. The number of benzene rings is 4. The van der Waals surface area contributed by atoms with E-state index in [2.05, 4.69) is 0 Å². The molecule has 0 aliphatic heterocycles. The second-order valence-corrected chi connectivity index (χ2v) is 12.8. The van der Waals surface area contributed by atoms with Crippen molar-refractivity contribution in [2.75, 3.05) is 26.4 Å². The van der Waals surface area contributed by atoms with Crippen LogP contribution in [0.4, 0.5) is 0 Å². The number of carbonyl (C=O) groups is 4. The van der Waals surface area contributed by atoms with E-state index in [0.29, 0.717) is 42.4 Å². The fourth-order valence-electron chi connectivity index (χ4n) is 4.86. The maximum absolute atomic E-state index is 12.8. The van der Waals surface area contributed by atoms with Crippen molar-refractivity contribution < 1.29 is 52.3 Å². The minimum Gasteiger partial charge on any atom is -0.488 e. The number of carbonyl (C=O) groups excluding carboxylic acids is 4. The first kappa shape index (κ1) is 41.2. The first-order chi connectivity index (χ1) is 25.9. The SMILES string of the molecule is CCOC(=O)c1ccc(-c2ccc(OC(=O)c3ccc(OC(=O)c4ccc(OC(C)COC(C)COC(C)COC(=O)C(C)CC)cc4)cc3)cc2)cc1. The van der Waals surface area contributed by atoms with Gasteiger partial charge in [0.2, 0.25) is 0 Å². The van der Waals surface area contributed by atoms with Gasteiger partial charge in [-0.2, -0.15) is 0 Å². The van der Waals surface area contributed by atoms with Crippen LogP contribution in [0.25, 0.3) is 11.1 Å². The average Bonchev–Trinajstić information content (AvgIpc) is 3.19. The molecule has 4 aromatic carbocycles. The number of ether oxygens (including phenoxy) is 7. The third kappa shape index (κ3) is 12.9. The van der Waals surface area contributed by atoms with Crippen molar-refractivity contribution >= 4 is 23.9 Å². The van der Waals surface area contributed by atoms with Crippen LogP contribution in [0.5, 0.6) is 17.2 Å². The lowest BCUT2D eigenvalue weighted by atomic mass is 10.0. The molecule has 0 spiro atoms. The van der Waals surface area contributed by atoms with Gasteiger partial charge in [0, 0.05) is 0 Å². The predicted octanol–water partition coefficient (Wildman–Crippen LogP) is 8.14. The summed E-state index contributed by atoms with van der Waals surface area (Å²) in [6.07, 6.45) is 0.0113. The summed E-state index contributed by atoms with van der Waals surface area (Å²) in [5, 5.41) is 0. The van der Waals surface area contributed by atoms with Crippen LogP contribution in [-0.2, 0) is 23.7 Å². The third-order valence-electron chi connectivity index (χ3n) is 8.23. The number of hydrogen-bond acceptors (Lipinski definition) is 11. The van der Waals surface area contributed by atoms with E-state index in [1.807, 2.05) is 58.9 Å². The molecule has 11 heteroatoms. The van der Waals surface area contributed by atoms with E-state index in [0.717, 1.165) is 17.5 Å². The van der Waals surface area contributed by atoms with E-state index in [9.17, 15) is 19.2 Å². The molecule has 0 amide bonds. The molecule has 4 rings (SSSR count). The van der Waals surface area contributed by atoms with E-state index in [1.165, 1.54) is 24.3 Å². The van der Waals surface area contributed by atoms with Gasteiger partial charge in [0.05, 0.1) is 54.6 Å². The van der Waals surface area contributed by atoms with Crippen LogP contribution in [0.1, 0.15) is 79.0 Å². The lowest BCUT2D eigenvalue weighted by Gasteiger charge is -2.21. The Morgan fingerprint density at radius 3 is 1.39 bits per heavy atom. The minimum absolute atomic E-state index is 0.131. The number of hydrogen-bond donors (Lipinski definition) is 0. The van der Waals surface area contributed by atoms with Crippen LogP contribution in [0.3, 0.4) is 0 Å². The highest BCUT2D eigenvalue weighted by atomic mass is 16.6. The molecular weight excluding hydrogens is 692 g/mol. The molecule has 0 aromatic heterocycles. The molecule has 0 bridgehead atoms. The molecule has 0 radical (unpaired) electrons. The highest BCUT2D eigenvalue weighted by molar-refractivity contribution is 5.93. The fraction of sp³-hybridized carbons (Fsp3) is 0.349. The zero-order chi connectivity index (χ0) is 39.0. The van der Waals surface area contributed by atoms with Crippen LogP contribution in [0, 0.1) is 5.92 Å². The lowest BCUT2D eigenvalue weighted by molar-refractivity contribution is -0.152. The Morgan fingerprint density at radius 2 is 0.889 bits per heavy atom. The van der Waals surface area contributed by atoms with Gasteiger partial charge < -0.3 is 33.2 Å². The molecule has 0 fully saturated rings. The molecule has 11 nitrogen and oxygen atoms in total. The molecule has 0 saturated carbocycles. The van der Waals surface area contributed by atoms with Crippen molar-refractivity contribution in [3.63, 3.8) is 0 Å². The van der Waals surface area contributed by atoms with Gasteiger partial charge >= 0.3 is 23.9 Å². The Kier molecular flexibility index (Phi) is 15.8. The number of rotatable bonds is 19. The molecule has 4 aromatic rings. The van der Waals surface area contributed by atoms with Crippen LogP contribution in [-0.4, -0.2) is 68.6 Å². The van der Waals surface area contributed by atoms with Crippen molar-refractivity contribution in [2.45, 2.75) is 66.3 Å². The predicted molar refractivity (Wildman–Crippen MR) is 202 cm³/mol. The standard InChI is InChI=1S/C43H48O11/c1-7-28(3)40(44)51-26-30(5)49-25-29(4)50-27-31(6)52-37-21-15-35(16-22-37)42(46)54-39-23-17-36(18-24-39)43(47)53-38-19-13-33(14-20-38)32-9-11-34(12-10-32)41(45)48-8-2/h9-24,28-31H,7-8,25-27H2,1-6H3. The van der Waals surface area contributed by atoms with E-state index in [-0.39, 0.29) is 54.1 Å². The molecule has 54 heavy (non-hydrogen) atoms. The molecule has 4 unspecified atom stereocenters. The number of esters is 4. The van der Waals surface area contributed by atoms with Gasteiger partial charge in [-0.3, -0.25) is 4.79 Å². The van der Waals surface area contributed by atoms with Gasteiger partial charge in [0.25, 0.3) is 0 Å². The molecule has 0 saturated heterocycles. The van der Waals surface area contributed by atoms with Gasteiger partial charge in [-0.25, -0.2) is 14.4 Å². The highest BCUT2D eigenvalue weighted by Crippen LogP contribution is 2.24. The zero-order valence-corrected chi connectivity index (χ0v) is 31.6. The molecular formula is C43H48O11. The molecule has 0 N–H and O–H groups in total. The highest BCUT2D eigenvalue weighted by Gasteiger charge is 2.17. The Labute approximate surface area is 316 Å². The van der Waals surface area contributed by atoms with E-state index >= 15 is 0 Å². The minimum atomic E-state index is -0.568. The monoisotopic (exact) mass is 740 g/mol. The Hall–Kier alpha value is -5.52. The summed E-state index contributed by atoms with van der Waals surface area (Å²) >= 11 is 0. The smallest absolute Gasteiger partial charge is 0.343 e. The summed E-state index contributed by atoms with van der Waals surface area (Å²) < 4.78 is 38.8. The van der Waals surface area contributed by atoms with Gasteiger partial charge in [0.15, 0.2) is 0 Å². The molecule has 0 heterocycles. The van der Waals surface area contributed by atoms with E-state index in [1.54, 1.807) is 55.5 Å². The average molecular weight is 741 g/mol. The van der Waals surface area contributed by atoms with Crippen molar-refractivity contribution in [1.29, 1.82) is 0 Å². The van der Waals surface area contributed by atoms with Crippen molar-refractivity contribution in [3.8, 4) is 28.4 Å². The molecule has 286 valence electrons. The quantitative estimate of drug-likeness (QED) is 0.0682. The van der Waals surface area contributed by atoms with Crippen molar-refractivity contribution in [1.82, 2.24) is 0 Å². The van der Waals surface area contributed by atoms with Crippen molar-refractivity contribution in [3.05, 3.63) is 114 Å². The summed E-state index contributed by atoms with van der Waals surface area (Å²) in [6, 6.07) is 26.7. The van der Waals surface area contributed by atoms with Crippen LogP contribution in [0.2, 0.25) is 0 Å². The maximum Gasteiger partial charge on any atom is 0.343 e. The van der Waals surface area contributed by atoms with Crippen LogP contribution >= 0.6 is 0 Å². The second kappa shape index (κ2) is 20.6. The van der Waals surface area contributed by atoms with E-state index in [4.69, 9.17) is 33.2 Å². The summed E-state index contributed by atoms with van der Waals surface area (Å²) in [6.45, 7) is 12.3. The van der Waals surface area contributed by atoms with Crippen molar-refractivity contribution in [2.24, 2.45) is 5.92 Å². The van der Waals surface area contributed by atoms with Gasteiger partial charge in [-0.15, -0.1) is 0 Å². The largest absolute Gasteiger partial charge is 0.488 e. The molecule has 0 aliphatic carbocycles. The third-order valence-corrected chi connectivity index (χ3v) is 8.23. The maximum atomic E-state index is 12.8. The first-order valence-electron chi connectivity index (χ1n) is 18.0. The van der Waals surface area contributed by atoms with Gasteiger partial charge in [-0.1, -0.05) is 38.1 Å². The molecule has 0 aliphatic rings. The zero-order valence-electron chi connectivity index (χ0n) is 31.6. The van der Waals surface area contributed by atoms with Gasteiger partial charge in [0.1, 0.15) is 30.0 Å². The Bertz CT molecular complexity index is 1800. The van der Waals surface area contributed by atoms with Gasteiger partial charge in [-0.05, 0) is 118 Å².